The third-order valence-corrected chi connectivity index (χ3v) is 3.48. The summed E-state index contributed by atoms with van der Waals surface area (Å²) in [5.74, 6) is 0.370. The first kappa shape index (κ1) is 10.8. The molecule has 0 aliphatic rings. The van der Waals surface area contributed by atoms with Gasteiger partial charge in [0.25, 0.3) is 0 Å². The summed E-state index contributed by atoms with van der Waals surface area (Å²) in [5.41, 5.74) is 6.94. The Kier molecular flexibility index (Phi) is 3.26. The molecule has 0 radical (unpaired) electrons. The molecule has 2 heterocycles. The second-order valence-electron chi connectivity index (χ2n) is 3.22. The van der Waals surface area contributed by atoms with Crippen molar-refractivity contribution < 1.29 is 4.21 Å². The van der Waals surface area contributed by atoms with Crippen molar-refractivity contribution in [3.8, 4) is 0 Å². The van der Waals surface area contributed by atoms with Gasteiger partial charge in [-0.3, -0.25) is 14.2 Å². The highest BCUT2D eigenvalue weighted by Crippen LogP contribution is 2.16. The van der Waals surface area contributed by atoms with Gasteiger partial charge in [-0.15, -0.1) is 0 Å². The van der Waals surface area contributed by atoms with Crippen LogP contribution in [0, 0.1) is 0 Å². The van der Waals surface area contributed by atoms with Gasteiger partial charge in [0, 0.05) is 12.4 Å². The van der Waals surface area contributed by atoms with E-state index in [4.69, 9.17) is 5.73 Å². The van der Waals surface area contributed by atoms with E-state index >= 15 is 0 Å². The maximum Gasteiger partial charge on any atom is 0.0706 e. The zero-order valence-electron chi connectivity index (χ0n) is 8.54. The predicted octanol–water partition coefficient (Wildman–Crippen LogP) is 1.37. The van der Waals surface area contributed by atoms with Crippen LogP contribution in [0.4, 0.5) is 5.69 Å². The van der Waals surface area contributed by atoms with Gasteiger partial charge in [0.05, 0.1) is 39.0 Å². The highest BCUT2D eigenvalue weighted by atomic mass is 32.2. The lowest BCUT2D eigenvalue weighted by atomic mass is 10.4. The van der Waals surface area contributed by atoms with E-state index in [1.807, 2.05) is 18.2 Å². The molecule has 5 heteroatoms. The lowest BCUT2D eigenvalue weighted by Gasteiger charge is -2.04. The van der Waals surface area contributed by atoms with Crippen molar-refractivity contribution in [3.05, 3.63) is 48.5 Å². The smallest absolute Gasteiger partial charge is 0.0706 e. The molecule has 0 aliphatic heterocycles. The number of nitrogens with zero attached hydrogens (tertiary/aromatic N) is 2. The summed E-state index contributed by atoms with van der Waals surface area (Å²) < 4.78 is 12.0. The largest absolute Gasteiger partial charge is 0.396 e. The average molecular weight is 233 g/mol. The topological polar surface area (TPSA) is 68.9 Å². The van der Waals surface area contributed by atoms with E-state index < -0.39 is 10.8 Å². The number of nitrogens with two attached hydrogens (primary N) is 1. The molecule has 0 amide bonds. The normalized spacial score (nSPS) is 12.2. The van der Waals surface area contributed by atoms with E-state index in [-0.39, 0.29) is 0 Å². The average Bonchev–Trinajstić information content (AvgIpc) is 2.31. The van der Waals surface area contributed by atoms with E-state index in [0.717, 1.165) is 5.69 Å². The Morgan fingerprint density at radius 3 is 2.81 bits per heavy atom. The molecule has 0 saturated heterocycles. The highest BCUT2D eigenvalue weighted by Gasteiger charge is 2.08. The number of anilines is 1. The van der Waals surface area contributed by atoms with Gasteiger partial charge in [-0.2, -0.15) is 0 Å². The molecule has 2 N–H and O–H groups in total. The minimum absolute atomic E-state index is 0.370. The fourth-order valence-electron chi connectivity index (χ4n) is 1.30. The SMILES string of the molecule is Nc1cnccc1S(=O)Cc1ccccn1. The van der Waals surface area contributed by atoms with Gasteiger partial charge in [-0.1, -0.05) is 6.07 Å². The number of pyridine rings is 2. The molecule has 0 saturated carbocycles. The molecule has 0 aliphatic carbocycles. The quantitative estimate of drug-likeness (QED) is 0.869. The molecule has 1 atom stereocenters. The predicted molar refractivity (Wildman–Crippen MR) is 63.0 cm³/mol. The molecule has 16 heavy (non-hydrogen) atoms. The monoisotopic (exact) mass is 233 g/mol. The number of hydrogen-bond acceptors (Lipinski definition) is 4. The van der Waals surface area contributed by atoms with Crippen LogP contribution in [0.5, 0.6) is 0 Å². The van der Waals surface area contributed by atoms with Gasteiger partial charge in [-0.05, 0) is 18.2 Å². The van der Waals surface area contributed by atoms with Crippen molar-refractivity contribution in [2.75, 3.05) is 5.73 Å². The molecule has 0 spiro atoms. The fourth-order valence-corrected chi connectivity index (χ4v) is 2.42. The van der Waals surface area contributed by atoms with Crippen LogP contribution in [0.25, 0.3) is 0 Å². The molecule has 0 bridgehead atoms. The Morgan fingerprint density at radius 1 is 1.25 bits per heavy atom. The van der Waals surface area contributed by atoms with E-state index in [0.29, 0.717) is 16.3 Å². The van der Waals surface area contributed by atoms with Crippen LogP contribution in [0.15, 0.2) is 47.8 Å². The Labute approximate surface area is 96.0 Å². The van der Waals surface area contributed by atoms with E-state index in [9.17, 15) is 4.21 Å². The zero-order chi connectivity index (χ0) is 11.4. The van der Waals surface area contributed by atoms with Crippen LogP contribution in [0.2, 0.25) is 0 Å². The highest BCUT2D eigenvalue weighted by molar-refractivity contribution is 7.84. The first-order chi connectivity index (χ1) is 7.77. The lowest BCUT2D eigenvalue weighted by Crippen LogP contribution is -2.02. The molecule has 0 fully saturated rings. The molecule has 1 unspecified atom stereocenters. The second-order valence-corrected chi connectivity index (χ2v) is 4.64. The summed E-state index contributed by atoms with van der Waals surface area (Å²) in [5, 5.41) is 0. The second kappa shape index (κ2) is 4.85. The van der Waals surface area contributed by atoms with Gasteiger partial charge < -0.3 is 5.73 Å². The summed E-state index contributed by atoms with van der Waals surface area (Å²) in [6.07, 6.45) is 4.77. The summed E-state index contributed by atoms with van der Waals surface area (Å²) in [7, 11) is -1.17. The summed E-state index contributed by atoms with van der Waals surface area (Å²) in [6, 6.07) is 7.21. The zero-order valence-corrected chi connectivity index (χ0v) is 9.35. The van der Waals surface area contributed by atoms with Crippen LogP contribution in [0.3, 0.4) is 0 Å². The lowest BCUT2D eigenvalue weighted by molar-refractivity contribution is 0.682. The van der Waals surface area contributed by atoms with Crippen molar-refractivity contribution in [1.82, 2.24) is 9.97 Å². The van der Waals surface area contributed by atoms with Crippen LogP contribution in [0.1, 0.15) is 5.69 Å². The summed E-state index contributed by atoms with van der Waals surface area (Å²) in [6.45, 7) is 0. The van der Waals surface area contributed by atoms with E-state index in [1.54, 1.807) is 18.5 Å². The maximum atomic E-state index is 12.0. The molecule has 2 aromatic rings. The Balaban J connectivity index is 2.19. The van der Waals surface area contributed by atoms with Crippen molar-refractivity contribution in [3.63, 3.8) is 0 Å². The number of rotatable bonds is 3. The van der Waals surface area contributed by atoms with Crippen LogP contribution >= 0.6 is 0 Å². The standard InChI is InChI=1S/C11H11N3OS/c12-10-7-13-6-4-11(10)16(15)8-9-3-1-2-5-14-9/h1-7H,8,12H2. The Morgan fingerprint density at radius 2 is 2.12 bits per heavy atom. The number of nitrogen functional groups attached to an aromatic ring is 1. The first-order valence-corrected chi connectivity index (χ1v) is 6.07. The fraction of sp³-hybridized carbons (Fsp3) is 0.0909. The number of hydrogen-bond donors (Lipinski definition) is 1. The summed E-state index contributed by atoms with van der Waals surface area (Å²) in [4.78, 5) is 8.60. The van der Waals surface area contributed by atoms with Gasteiger partial charge in [0.1, 0.15) is 0 Å². The summed E-state index contributed by atoms with van der Waals surface area (Å²) >= 11 is 0. The molecular formula is C11H11N3OS. The molecular weight excluding hydrogens is 222 g/mol. The first-order valence-electron chi connectivity index (χ1n) is 4.75. The Bertz CT molecular complexity index is 502. The van der Waals surface area contributed by atoms with Gasteiger partial charge in [0.2, 0.25) is 0 Å². The third-order valence-electron chi connectivity index (χ3n) is 2.06. The van der Waals surface area contributed by atoms with Crippen molar-refractivity contribution in [1.29, 1.82) is 0 Å². The number of aromatic nitrogens is 2. The Hall–Kier alpha value is -1.75. The van der Waals surface area contributed by atoms with Crippen LogP contribution in [-0.4, -0.2) is 14.2 Å². The van der Waals surface area contributed by atoms with Gasteiger partial charge in [0.15, 0.2) is 0 Å². The molecule has 2 aromatic heterocycles. The minimum atomic E-state index is -1.17. The minimum Gasteiger partial charge on any atom is -0.396 e. The van der Waals surface area contributed by atoms with Crippen molar-refractivity contribution >= 4 is 16.5 Å². The molecule has 0 aromatic carbocycles. The van der Waals surface area contributed by atoms with Crippen molar-refractivity contribution in [2.24, 2.45) is 0 Å². The third kappa shape index (κ3) is 2.43. The van der Waals surface area contributed by atoms with Gasteiger partial charge in [-0.25, -0.2) is 0 Å². The van der Waals surface area contributed by atoms with Gasteiger partial charge >= 0.3 is 0 Å². The molecule has 4 nitrogen and oxygen atoms in total. The van der Waals surface area contributed by atoms with Crippen LogP contribution in [-0.2, 0) is 16.6 Å². The van der Waals surface area contributed by atoms with Crippen molar-refractivity contribution in [2.45, 2.75) is 10.6 Å². The maximum absolute atomic E-state index is 12.0. The molecule has 2 rings (SSSR count). The van der Waals surface area contributed by atoms with Crippen LogP contribution < -0.4 is 5.73 Å². The van der Waals surface area contributed by atoms with E-state index in [1.165, 1.54) is 6.20 Å². The van der Waals surface area contributed by atoms with E-state index in [2.05, 4.69) is 9.97 Å². The molecule has 82 valence electrons.